The molecule has 612 valence electrons. The van der Waals surface area contributed by atoms with Gasteiger partial charge >= 0.3 is 5.97 Å². The van der Waals surface area contributed by atoms with Crippen LogP contribution in [0.3, 0.4) is 0 Å². The first-order valence-electron chi connectivity index (χ1n) is 37.8. The molecule has 0 radical (unpaired) electrons. The van der Waals surface area contributed by atoms with Gasteiger partial charge in [-0.2, -0.15) is 0 Å². The van der Waals surface area contributed by atoms with E-state index in [2.05, 4.69) is 83.8 Å². The summed E-state index contributed by atoms with van der Waals surface area (Å²) in [5, 5.41) is 54.7. The van der Waals surface area contributed by atoms with Crippen molar-refractivity contribution in [3.05, 3.63) is 319 Å². The minimum atomic E-state index is -0.439. The summed E-state index contributed by atoms with van der Waals surface area (Å²) in [5.41, 5.74) is 24.9. The van der Waals surface area contributed by atoms with Gasteiger partial charge in [-0.1, -0.05) is 228 Å². The van der Waals surface area contributed by atoms with Gasteiger partial charge in [0.15, 0.2) is 74.7 Å². The van der Waals surface area contributed by atoms with E-state index in [1.54, 1.807) is 49.1 Å². The molecule has 4 N–H and O–H groups in total. The Morgan fingerprint density at radius 3 is 1.04 bits per heavy atom. The summed E-state index contributed by atoms with van der Waals surface area (Å²) >= 11 is 0. The van der Waals surface area contributed by atoms with Gasteiger partial charge < -0.3 is 16.2 Å². The molecule has 0 atom stereocenters. The van der Waals surface area contributed by atoms with Gasteiger partial charge in [-0.25, -0.2) is 50.7 Å². The van der Waals surface area contributed by atoms with Crippen LogP contribution in [0.25, 0.3) is 0 Å². The topological polar surface area (TPSA) is 379 Å². The summed E-state index contributed by atoms with van der Waals surface area (Å²) in [5.74, 6) is -1.42. The number of aromatic nitrogens is 21. The number of ether oxygens (including phenoxy) is 1. The highest BCUT2D eigenvalue weighted by Gasteiger charge is 2.22. The number of carbonyl (C=O) groups is 6. The number of esters is 1. The fraction of sp³-hybridized carbons (Fsp3) is 0.271. The number of rotatable bonds is 25. The largest absolute Gasteiger partial charge is 0.464 e. The number of halogens is 3. The zero-order valence-corrected chi connectivity index (χ0v) is 67.6. The summed E-state index contributed by atoms with van der Waals surface area (Å²) < 4.78 is 54.9. The van der Waals surface area contributed by atoms with Crippen molar-refractivity contribution in [3.63, 3.8) is 0 Å². The number of nitrogens with two attached hydrogens (primary N) is 2. The minimum Gasteiger partial charge on any atom is -0.464 e. The predicted octanol–water partition coefficient (Wildman–Crippen LogP) is 12.6. The van der Waals surface area contributed by atoms with Crippen molar-refractivity contribution in [2.45, 2.75) is 147 Å². The van der Waals surface area contributed by atoms with Crippen LogP contribution in [-0.2, 0) is 76.2 Å². The lowest BCUT2D eigenvalue weighted by atomic mass is 10.1. The van der Waals surface area contributed by atoms with E-state index >= 15 is 0 Å². The number of methoxy groups -OCH3 is 1. The Kier molecular flexibility index (Phi) is 34.0. The van der Waals surface area contributed by atoms with E-state index in [-0.39, 0.29) is 75.9 Å². The fourth-order valence-corrected chi connectivity index (χ4v) is 11.6. The highest BCUT2D eigenvalue weighted by molar-refractivity contribution is 5.97. The molecule has 0 unspecified atom stereocenters. The summed E-state index contributed by atoms with van der Waals surface area (Å²) in [7, 11) is 1.35. The molecule has 7 aromatic carbocycles. The summed E-state index contributed by atoms with van der Waals surface area (Å²) in [6, 6.07) is 58.6. The first-order valence-corrected chi connectivity index (χ1v) is 37.8. The fourth-order valence-electron chi connectivity index (χ4n) is 11.6. The van der Waals surface area contributed by atoms with Crippen molar-refractivity contribution >= 4 is 46.5 Å². The van der Waals surface area contributed by atoms with Crippen LogP contribution in [0, 0.1) is 24.4 Å². The number of nitrogens with zero attached hydrogens (tertiary/aromatic N) is 21. The van der Waals surface area contributed by atoms with E-state index in [0.29, 0.717) is 74.0 Å². The SMILES string of the molecule is CC(=O)c1nnn(Cc2ccc(F)cc2)c1N.CC(=O)c1nnn(Cc2cccc(F)c2)c1N.CC(=O)c1nnn(Cc2ccccc2)c1C.CCCc1c(C(C)=O)nnn1Cc1ccccc1.CCc1c(C(=O)OC)nnn1Cc1ccccc1.CCc1c(C(C)=O)nnn1Cc1ccccc1.CCc1cn(Cc2cccc(F)c2)nn1. The normalized spacial score (nSPS) is 10.5. The number of nitrogen functional groups attached to an aromatic ring is 2. The Labute approximate surface area is 680 Å². The van der Waals surface area contributed by atoms with Gasteiger partial charge in [-0.15, -0.1) is 35.7 Å². The molecule has 0 bridgehead atoms. The van der Waals surface area contributed by atoms with Gasteiger partial charge in [0.25, 0.3) is 0 Å². The molecule has 0 amide bonds. The first kappa shape index (κ1) is 89.3. The average molecular weight is 1610 g/mol. The molecule has 0 saturated carbocycles. The molecule has 118 heavy (non-hydrogen) atoms. The average Bonchev–Trinajstić information content (AvgIpc) is 1.76. The lowest BCUT2D eigenvalue weighted by Gasteiger charge is -2.06. The molecule has 0 saturated heterocycles. The zero-order valence-electron chi connectivity index (χ0n) is 67.6. The van der Waals surface area contributed by atoms with Gasteiger partial charge in [-0.05, 0) is 108 Å². The molecule has 14 rings (SSSR count). The summed E-state index contributed by atoms with van der Waals surface area (Å²) in [6.45, 7) is 21.0. The number of ketones is 5. The van der Waals surface area contributed by atoms with E-state index in [1.165, 1.54) is 87.5 Å². The lowest BCUT2D eigenvalue weighted by Crippen LogP contribution is -2.09. The molecule has 7 heterocycles. The standard InChI is InChI=1S/C14H17N3O.C13H15N3O2.C13H15N3O.C12H13N3O.2C11H11FN4O.C11H12FN3/c1-3-7-13-14(11(2)18)15-16-17(13)10-12-8-5-4-6-9-12;1-3-11-12(13(17)18-2)14-15-16(11)9-10-7-5-4-6-8-10;1-3-12-13(10(2)17)14-15-16(12)9-11-7-5-4-6-8-11;1-9-12(10(2)16)13-14-15(9)8-11-6-4-3-5-7-11;1-7(17)10-11(13)16(15-14-10)6-8-2-4-9(12)5-3-8;1-7(17)10-11(13)16(15-14-10)6-8-3-2-4-9(12)5-8;1-2-11-8-15(14-13-11)7-9-4-3-5-10(12)6-9/h4-6,8-9H,3,7,10H2,1-2H3;4-8H,3,9H2,1-2H3;4-8H,3,9H2,1-2H3;3-7H,8H2,1-2H3;2*2-5H,6,13H2,1H3;3-6,8H,2,7H2,1H3. The molecule has 33 heteroatoms. The lowest BCUT2D eigenvalue weighted by molar-refractivity contribution is 0.0591. The van der Waals surface area contributed by atoms with Crippen LogP contribution in [0.2, 0.25) is 0 Å². The Morgan fingerprint density at radius 1 is 0.339 bits per heavy atom. The third kappa shape index (κ3) is 26.4. The number of Topliss-reactive ketones (excluding diaryl/α,β-unsaturated/α-hetero) is 5. The van der Waals surface area contributed by atoms with Crippen LogP contribution in [0.15, 0.2) is 200 Å². The predicted molar refractivity (Wildman–Crippen MR) is 436 cm³/mol. The van der Waals surface area contributed by atoms with Crippen molar-refractivity contribution in [1.29, 1.82) is 0 Å². The molecule has 0 aliphatic heterocycles. The Balaban J connectivity index is 0.000000172. The quantitative estimate of drug-likeness (QED) is 0.0396. The molecule has 0 aliphatic carbocycles. The maximum atomic E-state index is 13.0. The maximum absolute atomic E-state index is 13.0. The Morgan fingerprint density at radius 2 is 0.669 bits per heavy atom. The molecule has 0 spiro atoms. The number of hydrogen-bond acceptors (Lipinski definition) is 23. The van der Waals surface area contributed by atoms with Crippen LogP contribution in [-0.4, -0.2) is 147 Å². The van der Waals surface area contributed by atoms with Crippen molar-refractivity contribution < 1.29 is 46.7 Å². The van der Waals surface area contributed by atoms with Crippen LogP contribution < -0.4 is 11.5 Å². The van der Waals surface area contributed by atoms with Crippen molar-refractivity contribution in [1.82, 2.24) is 105 Å². The molecule has 0 aliphatic rings. The number of carbonyl (C=O) groups excluding carboxylic acids is 6. The van der Waals surface area contributed by atoms with Crippen molar-refractivity contribution in [3.8, 4) is 0 Å². The van der Waals surface area contributed by atoms with Crippen LogP contribution in [0.5, 0.6) is 0 Å². The highest BCUT2D eigenvalue weighted by Crippen LogP contribution is 2.19. The van der Waals surface area contributed by atoms with Gasteiger partial charge in [0, 0.05) is 40.8 Å². The number of anilines is 2. The van der Waals surface area contributed by atoms with E-state index in [4.69, 9.17) is 11.5 Å². The second-order valence-corrected chi connectivity index (χ2v) is 26.6. The summed E-state index contributed by atoms with van der Waals surface area (Å²) in [6.07, 6.45) is 5.99. The van der Waals surface area contributed by atoms with Gasteiger partial charge in [-0.3, -0.25) is 24.0 Å². The van der Waals surface area contributed by atoms with Gasteiger partial charge in [0.2, 0.25) is 0 Å². The van der Waals surface area contributed by atoms with Crippen LogP contribution in [0.1, 0.15) is 199 Å². The highest BCUT2D eigenvalue weighted by atomic mass is 19.1. The Hall–Kier alpha value is -14.3. The third-order valence-electron chi connectivity index (χ3n) is 17.6. The first-order chi connectivity index (χ1) is 56.8. The van der Waals surface area contributed by atoms with Crippen LogP contribution >= 0.6 is 0 Å². The monoisotopic (exact) mass is 1610 g/mol. The second kappa shape index (κ2) is 45.0. The van der Waals surface area contributed by atoms with E-state index < -0.39 is 5.97 Å². The van der Waals surface area contributed by atoms with Crippen LogP contribution in [0.4, 0.5) is 24.8 Å². The third-order valence-corrected chi connectivity index (χ3v) is 17.6. The number of benzene rings is 7. The van der Waals surface area contributed by atoms with E-state index in [1.807, 2.05) is 166 Å². The second-order valence-electron chi connectivity index (χ2n) is 26.6. The minimum absolute atomic E-state index is 0.0160. The molecular weight excluding hydrogens is 1510 g/mol. The Bertz CT molecular complexity index is 5570. The smallest absolute Gasteiger partial charge is 0.360 e. The maximum Gasteiger partial charge on any atom is 0.360 e. The number of aryl methyl sites for hydroxylation is 1. The van der Waals surface area contributed by atoms with Gasteiger partial charge in [0.1, 0.15) is 17.5 Å². The molecule has 7 aromatic heterocycles. The van der Waals surface area contributed by atoms with E-state index in [0.717, 1.165) is 87.5 Å². The zero-order chi connectivity index (χ0) is 85.2. The summed E-state index contributed by atoms with van der Waals surface area (Å²) in [4.78, 5) is 67.9. The molecule has 0 fully saturated rings. The van der Waals surface area contributed by atoms with Gasteiger partial charge in [0.05, 0.1) is 81.4 Å². The molecular formula is C85H94F3N23O7. The van der Waals surface area contributed by atoms with Crippen molar-refractivity contribution in [2.75, 3.05) is 18.6 Å². The van der Waals surface area contributed by atoms with E-state index in [9.17, 15) is 41.9 Å². The van der Waals surface area contributed by atoms with Crippen molar-refractivity contribution in [2.24, 2.45) is 0 Å². The number of hydrogen-bond donors (Lipinski definition) is 2. The molecule has 14 aromatic rings. The molecule has 30 nitrogen and oxygen atoms in total.